The van der Waals surface area contributed by atoms with Crippen molar-refractivity contribution in [1.29, 1.82) is 0 Å². The number of para-hydroxylation sites is 1. The second-order valence-corrected chi connectivity index (χ2v) is 32.6. The third-order valence-electron chi connectivity index (χ3n) is 22.4. The maximum absolute atomic E-state index is 14.6. The Kier molecular flexibility index (Phi) is 24.0. The van der Waals surface area contributed by atoms with E-state index in [2.05, 4.69) is 40.1 Å². The second-order valence-electron chi connectivity index (χ2n) is 31.6. The number of aromatic carboxylic acids is 1. The van der Waals surface area contributed by atoms with Crippen LogP contribution in [0.3, 0.4) is 0 Å². The number of hydrogen-bond donors (Lipinski definition) is 13. The van der Waals surface area contributed by atoms with Crippen molar-refractivity contribution in [2.24, 2.45) is 22.2 Å². The maximum atomic E-state index is 14.6. The van der Waals surface area contributed by atoms with Gasteiger partial charge in [-0.05, 0) is 165 Å². The zero-order chi connectivity index (χ0) is 79.8. The minimum atomic E-state index is -1.97. The minimum Gasteiger partial charge on any atom is -0.479 e. The molecule has 3 unspecified atom stereocenters. The molecule has 4 aliphatic carbocycles. The molecule has 7 aliphatic rings. The first-order chi connectivity index (χ1) is 52.7. The highest BCUT2D eigenvalue weighted by molar-refractivity contribution is 7.22. The Hall–Kier alpha value is -9.68. The average Bonchev–Trinajstić information content (AvgIpc) is 0.823. The molecule has 0 radical (unpaired) electrons. The Morgan fingerprint density at radius 1 is 0.784 bits per heavy atom. The Labute approximate surface area is 642 Å². The van der Waals surface area contributed by atoms with Crippen molar-refractivity contribution in [2.75, 3.05) is 54.9 Å². The summed E-state index contributed by atoms with van der Waals surface area (Å²) in [6.45, 7) is 10.1. The van der Waals surface area contributed by atoms with E-state index in [9.17, 15) is 89.1 Å². The fraction of sp³-hybridized carbons (Fsp3) is 0.513. The number of rotatable bonds is 31. The van der Waals surface area contributed by atoms with Crippen LogP contribution in [-0.2, 0) is 75.5 Å². The summed E-state index contributed by atoms with van der Waals surface area (Å²) < 4.78 is 21.6. The van der Waals surface area contributed by atoms with Gasteiger partial charge in [-0.3, -0.25) is 43.7 Å². The summed E-state index contributed by atoms with van der Waals surface area (Å²) in [5.74, 6) is -6.91. The lowest BCUT2D eigenvalue weighted by atomic mass is 9.39. The molecule has 32 nitrogen and oxygen atoms in total. The predicted molar refractivity (Wildman–Crippen MR) is 400 cm³/mol. The van der Waals surface area contributed by atoms with Gasteiger partial charge in [-0.1, -0.05) is 69.4 Å². The Bertz CT molecular complexity index is 4530. The van der Waals surface area contributed by atoms with Crippen LogP contribution in [0.15, 0.2) is 91.1 Å². The molecule has 0 spiro atoms. The number of aliphatic hydroxyl groups is 7. The summed E-state index contributed by atoms with van der Waals surface area (Å²) in [4.78, 5) is 132. The first kappa shape index (κ1) is 80.8. The number of aliphatic carboxylic acids is 1. The lowest BCUT2D eigenvalue weighted by Crippen LogP contribution is -2.64. The van der Waals surface area contributed by atoms with Crippen LogP contribution in [0.1, 0.15) is 135 Å². The van der Waals surface area contributed by atoms with E-state index in [1.54, 1.807) is 38.2 Å². The number of carbonyl (C=O) groups is 9. The summed E-state index contributed by atoms with van der Waals surface area (Å²) >= 11 is 1.38. The van der Waals surface area contributed by atoms with Crippen LogP contribution in [-0.4, -0.2) is 235 Å². The van der Waals surface area contributed by atoms with Crippen molar-refractivity contribution < 1.29 is 103 Å². The number of carboxylic acids is 2. The molecule has 594 valence electrons. The number of imide groups is 1. The van der Waals surface area contributed by atoms with Gasteiger partial charge < -0.3 is 85.9 Å². The number of hydrogen-bond acceptors (Lipinski definition) is 24. The van der Waals surface area contributed by atoms with Crippen LogP contribution in [0.25, 0.3) is 21.3 Å². The fourth-order valence-corrected chi connectivity index (χ4v) is 18.9. The summed E-state index contributed by atoms with van der Waals surface area (Å²) in [5.41, 5.74) is 4.06. The number of benzene rings is 3. The normalized spacial score (nSPS) is 25.3. The molecule has 6 heterocycles. The maximum Gasteiger partial charge on any atom is 0.410 e. The van der Waals surface area contributed by atoms with E-state index < -0.39 is 140 Å². The van der Waals surface area contributed by atoms with Crippen LogP contribution < -0.4 is 26.2 Å². The molecule has 5 fully saturated rings. The monoisotopic (exact) mass is 1550 g/mol. The van der Waals surface area contributed by atoms with Gasteiger partial charge in [0.1, 0.15) is 61.6 Å². The van der Waals surface area contributed by atoms with E-state index in [1.165, 1.54) is 41.4 Å². The number of ether oxygens (including phenoxy) is 3. The Morgan fingerprint density at radius 2 is 1.51 bits per heavy atom. The summed E-state index contributed by atoms with van der Waals surface area (Å²) in [7, 11) is 0. The van der Waals surface area contributed by atoms with Gasteiger partial charge >= 0.3 is 18.0 Å². The van der Waals surface area contributed by atoms with Gasteiger partial charge in [0, 0.05) is 72.9 Å². The molecule has 1 saturated heterocycles. The van der Waals surface area contributed by atoms with Gasteiger partial charge in [-0.25, -0.2) is 24.4 Å². The van der Waals surface area contributed by atoms with Crippen molar-refractivity contribution >= 4 is 91.7 Å². The first-order valence-corrected chi connectivity index (χ1v) is 38.0. The number of pyridine rings is 1. The smallest absolute Gasteiger partial charge is 0.410 e. The molecule has 13 N–H and O–H groups in total. The lowest BCUT2D eigenvalue weighted by Gasteiger charge is -2.69. The highest BCUT2D eigenvalue weighted by Gasteiger charge is 2.66. The number of aliphatic hydroxyl groups excluding tert-OH is 7. The SMILES string of the molecule is Cc1c(-c2ccc(N3CCc4cccc(C(=O)Nc5nc6ccccc6s5)c4C3)nc2C(=O)O)cnn1CC12CC3(C)CC(C)(C1)CC(OCCN(CC[C@@H](O)[C@H](O)C(O)CO)C(=O)OCc1ccc(NC(=O)[C@H](C)NC(=O)[C@@H](NC(=O)CN4C(=O)C=CC4=O)C(C)C)cc1CC[C@@H]1O[C@H](C(=O)O)[C@@H](O)[C@H](O)[C@H]1O)(C3)C2. The molecule has 33 heteroatoms. The molecular formula is C78H95N11O21S. The summed E-state index contributed by atoms with van der Waals surface area (Å²) in [6.07, 6.45) is -6.60. The predicted octanol–water partition coefficient (Wildman–Crippen LogP) is 3.99. The van der Waals surface area contributed by atoms with Gasteiger partial charge in [0.2, 0.25) is 17.7 Å². The third kappa shape index (κ3) is 17.8. The number of anilines is 3. The first-order valence-electron chi connectivity index (χ1n) is 37.1. The second kappa shape index (κ2) is 32.9. The fourth-order valence-electron chi connectivity index (χ4n) is 18.0. The molecule has 6 aromatic rings. The largest absolute Gasteiger partial charge is 0.479 e. The lowest BCUT2D eigenvalue weighted by molar-refractivity contribution is -0.248. The average molecular weight is 1550 g/mol. The van der Waals surface area contributed by atoms with E-state index in [-0.39, 0.29) is 72.5 Å². The van der Waals surface area contributed by atoms with Crippen LogP contribution in [0.2, 0.25) is 0 Å². The van der Waals surface area contributed by atoms with Crippen molar-refractivity contribution in [3.63, 3.8) is 0 Å². The highest BCUT2D eigenvalue weighted by Crippen LogP contribution is 2.72. The number of carboxylic acid groups (broad SMARTS) is 2. The number of fused-ring (bicyclic) bond motifs is 2. The molecule has 13 rings (SSSR count). The molecule has 3 aliphatic heterocycles. The molecule has 4 saturated carbocycles. The van der Waals surface area contributed by atoms with Gasteiger partial charge in [0.05, 0.1) is 47.4 Å². The summed E-state index contributed by atoms with van der Waals surface area (Å²) in [5, 5.41) is 111. The van der Waals surface area contributed by atoms with Gasteiger partial charge in [0.25, 0.3) is 17.7 Å². The van der Waals surface area contributed by atoms with E-state index in [1.807, 2.05) is 52.9 Å². The molecule has 12 atom stereocenters. The molecule has 4 bridgehead atoms. The molecule has 3 aromatic heterocycles. The van der Waals surface area contributed by atoms with E-state index in [0.29, 0.717) is 89.0 Å². The minimum absolute atomic E-state index is 0.0273. The van der Waals surface area contributed by atoms with Crippen LogP contribution in [0, 0.1) is 29.1 Å². The number of amides is 7. The van der Waals surface area contributed by atoms with Crippen LogP contribution >= 0.6 is 11.3 Å². The standard InChI is InChI=1S/C78H95N11O21S/c1-41(2)61(84-58(93)31-88-59(94)20-21-60(88)95)70(102)80-42(3)68(100)81-47-16-14-46(45(28-47)15-18-55-64(97)65(98)66(99)67(110-55)72(105)106)33-108-74(107)86(25-23-53(91)63(96)54(92)32-90)26-27-109-78-37-75(5)34-76(6,38-78)36-77(35-75,39-78)40-89-43(4)50(29-79-89)48-17-19-57(83-62(48)71(103)104)87-24-22-44-10-9-11-49(51(44)30-87)69(101)85-73-82-52-12-7-8-13-56(52)111-73/h7-14,16-17,19-21,28-29,41-42,53-55,61,63-67,90-92,96-99H,15,18,22-27,30-40H2,1-6H3,(H,80,102)(H,81,100)(H,84,93)(H,103,104)(H,105,106)(H,82,85,101)/t42-,53+,54?,55-,61-,63-,64-,65+,66-,67-,75?,76?,77?,78?/m0/s1. The number of aryl methyl sites for hydroxylation is 1. The van der Waals surface area contributed by atoms with Gasteiger partial charge in [-0.15, -0.1) is 0 Å². The molecule has 3 aromatic carbocycles. The van der Waals surface area contributed by atoms with E-state index in [0.717, 1.165) is 58.5 Å². The quantitative estimate of drug-likeness (QED) is 0.0274. The highest BCUT2D eigenvalue weighted by atomic mass is 32.1. The summed E-state index contributed by atoms with van der Waals surface area (Å²) in [6, 6.07) is 18.9. The van der Waals surface area contributed by atoms with Crippen molar-refractivity contribution in [1.82, 2.24) is 40.2 Å². The Balaban J connectivity index is 0.733. The zero-order valence-corrected chi connectivity index (χ0v) is 63.2. The van der Waals surface area contributed by atoms with E-state index in [4.69, 9.17) is 24.3 Å². The van der Waals surface area contributed by atoms with Crippen molar-refractivity contribution in [3.05, 3.63) is 130 Å². The number of aromatic nitrogens is 4. The van der Waals surface area contributed by atoms with Crippen molar-refractivity contribution in [3.8, 4) is 11.1 Å². The molecule has 7 amide bonds. The number of nitrogens with one attached hydrogen (secondary N) is 4. The van der Waals surface area contributed by atoms with E-state index >= 15 is 0 Å². The van der Waals surface area contributed by atoms with Crippen molar-refractivity contribution in [2.45, 2.75) is 192 Å². The third-order valence-corrected chi connectivity index (χ3v) is 23.3. The number of nitrogens with zero attached hydrogens (tertiary/aromatic N) is 7. The number of thiazole rings is 1. The topological polar surface area (TPSA) is 465 Å². The zero-order valence-electron chi connectivity index (χ0n) is 62.4. The van der Waals surface area contributed by atoms with Gasteiger partial charge in [-0.2, -0.15) is 5.10 Å². The molecular weight excluding hydrogens is 1460 g/mol. The van der Waals surface area contributed by atoms with Crippen LogP contribution in [0.5, 0.6) is 0 Å². The molecule has 111 heavy (non-hydrogen) atoms. The number of carbonyl (C=O) groups excluding carboxylic acids is 7. The van der Waals surface area contributed by atoms with Gasteiger partial charge in [0.15, 0.2) is 16.9 Å². The van der Waals surface area contributed by atoms with Crippen LogP contribution in [0.4, 0.5) is 21.4 Å². The Morgan fingerprint density at radius 3 is 2.21 bits per heavy atom.